The number of carboxylic acid groups (broad SMARTS) is 1. The molecule has 0 spiro atoms. The average Bonchev–Trinajstić information content (AvgIpc) is 2.93. The van der Waals surface area contributed by atoms with Crippen molar-refractivity contribution < 1.29 is 32.2 Å². The minimum absolute atomic E-state index is 0.0139. The Morgan fingerprint density at radius 2 is 1.92 bits per heavy atom. The number of carboxylic acids is 1. The molecular formula is C29H33F4N3O3. The van der Waals surface area contributed by atoms with Gasteiger partial charge in [-0.2, -0.15) is 0 Å². The number of rotatable bonds is 11. The first-order valence-electron chi connectivity index (χ1n) is 13.1. The van der Waals surface area contributed by atoms with Crippen LogP contribution in [0.15, 0.2) is 36.5 Å². The molecule has 0 saturated carbocycles. The van der Waals surface area contributed by atoms with Gasteiger partial charge in [-0.25, -0.2) is 17.6 Å². The second-order valence-electron chi connectivity index (χ2n) is 10.2. The number of halogens is 4. The largest absolute Gasteiger partial charge is 0.497 e. The number of alkyl halides is 1. The number of fused-ring (bicyclic) bond motifs is 1. The highest BCUT2D eigenvalue weighted by Gasteiger charge is 2.41. The number of aryl methyl sites for hydroxylation is 1. The number of pyridine rings is 1. The molecule has 210 valence electrons. The van der Waals surface area contributed by atoms with Gasteiger partial charge < -0.3 is 20.5 Å². The number of aromatic nitrogens is 1. The molecule has 0 unspecified atom stereocenters. The average molecular weight is 548 g/mol. The van der Waals surface area contributed by atoms with E-state index >= 15 is 4.39 Å². The standard InChI is InChI=1S/C29H33F4N3O3/c1-39-21-4-5-25-22(15-21)26(19(16-34)17-35-25)23(31)6-7-29(28(37)38)8-11-36(12-9-29)10-2-3-18-13-20(30)14-24(32)27(18)33/h4-5,13-15,17,23H,2-3,6-12,16,34H2,1H3,(H,37,38)/t23-/m1/s1. The topological polar surface area (TPSA) is 88.7 Å². The van der Waals surface area contributed by atoms with Crippen LogP contribution in [-0.4, -0.2) is 47.7 Å². The Hall–Kier alpha value is -3.24. The molecule has 2 heterocycles. The molecule has 0 aliphatic carbocycles. The number of likely N-dealkylation sites (tertiary alicyclic amines) is 1. The molecule has 0 amide bonds. The zero-order chi connectivity index (χ0) is 28.2. The molecule has 6 nitrogen and oxygen atoms in total. The maximum absolute atomic E-state index is 15.8. The van der Waals surface area contributed by atoms with Crippen LogP contribution in [0.4, 0.5) is 17.6 Å². The van der Waals surface area contributed by atoms with Crippen molar-refractivity contribution in [3.63, 3.8) is 0 Å². The third-order valence-electron chi connectivity index (χ3n) is 7.86. The molecule has 1 aliphatic heterocycles. The summed E-state index contributed by atoms with van der Waals surface area (Å²) in [4.78, 5) is 18.8. The number of hydrogen-bond donors (Lipinski definition) is 2. The van der Waals surface area contributed by atoms with Gasteiger partial charge in [-0.3, -0.25) is 9.78 Å². The molecular weight excluding hydrogens is 514 g/mol. The first-order valence-corrected chi connectivity index (χ1v) is 13.1. The predicted octanol–water partition coefficient (Wildman–Crippen LogP) is 5.71. The van der Waals surface area contributed by atoms with Crippen molar-refractivity contribution in [2.45, 2.75) is 51.2 Å². The van der Waals surface area contributed by atoms with Gasteiger partial charge in [0.25, 0.3) is 0 Å². The fourth-order valence-corrected chi connectivity index (χ4v) is 5.50. The van der Waals surface area contributed by atoms with Gasteiger partial charge in [-0.05, 0) is 93.6 Å². The van der Waals surface area contributed by atoms with Gasteiger partial charge in [0.05, 0.1) is 18.0 Å². The Labute approximate surface area is 224 Å². The first kappa shape index (κ1) is 28.8. The lowest BCUT2D eigenvalue weighted by molar-refractivity contribution is -0.153. The van der Waals surface area contributed by atoms with Gasteiger partial charge in [-0.1, -0.05) is 0 Å². The summed E-state index contributed by atoms with van der Waals surface area (Å²) in [6.45, 7) is 1.59. The highest BCUT2D eigenvalue weighted by atomic mass is 19.2. The molecule has 1 saturated heterocycles. The van der Waals surface area contributed by atoms with E-state index in [4.69, 9.17) is 10.5 Å². The number of carbonyl (C=O) groups is 1. The van der Waals surface area contributed by atoms with E-state index in [-0.39, 0.29) is 31.4 Å². The zero-order valence-electron chi connectivity index (χ0n) is 21.9. The van der Waals surface area contributed by atoms with E-state index in [2.05, 4.69) is 9.88 Å². The van der Waals surface area contributed by atoms with Crippen LogP contribution in [0.25, 0.3) is 10.9 Å². The van der Waals surface area contributed by atoms with Crippen molar-refractivity contribution in [1.29, 1.82) is 0 Å². The van der Waals surface area contributed by atoms with Gasteiger partial charge in [0, 0.05) is 29.8 Å². The lowest BCUT2D eigenvalue weighted by atomic mass is 9.74. The molecule has 10 heteroatoms. The molecule has 1 fully saturated rings. The van der Waals surface area contributed by atoms with Crippen molar-refractivity contribution >= 4 is 16.9 Å². The van der Waals surface area contributed by atoms with E-state index < -0.39 is 35.0 Å². The number of ether oxygens (including phenoxy) is 1. The summed E-state index contributed by atoms with van der Waals surface area (Å²) >= 11 is 0. The molecule has 0 radical (unpaired) electrons. The van der Waals surface area contributed by atoms with Gasteiger partial charge in [0.1, 0.15) is 17.7 Å². The maximum Gasteiger partial charge on any atom is 0.309 e. The minimum atomic E-state index is -1.43. The highest BCUT2D eigenvalue weighted by molar-refractivity contribution is 5.85. The van der Waals surface area contributed by atoms with Crippen molar-refractivity contribution in [1.82, 2.24) is 9.88 Å². The second kappa shape index (κ2) is 12.3. The summed E-state index contributed by atoms with van der Waals surface area (Å²) in [5.74, 6) is -3.47. The Morgan fingerprint density at radius 1 is 1.18 bits per heavy atom. The van der Waals surface area contributed by atoms with Crippen molar-refractivity contribution in [3.05, 3.63) is 70.7 Å². The molecule has 4 rings (SSSR count). The fraction of sp³-hybridized carbons (Fsp3) is 0.448. The van der Waals surface area contributed by atoms with Crippen LogP contribution in [0.1, 0.15) is 55.0 Å². The monoisotopic (exact) mass is 547 g/mol. The van der Waals surface area contributed by atoms with Crippen molar-refractivity contribution in [2.75, 3.05) is 26.7 Å². The van der Waals surface area contributed by atoms with Gasteiger partial charge >= 0.3 is 5.97 Å². The smallest absolute Gasteiger partial charge is 0.309 e. The van der Waals surface area contributed by atoms with Crippen LogP contribution in [-0.2, 0) is 17.8 Å². The van der Waals surface area contributed by atoms with E-state index in [0.29, 0.717) is 72.7 Å². The van der Waals surface area contributed by atoms with E-state index in [1.807, 2.05) is 0 Å². The second-order valence-corrected chi connectivity index (χ2v) is 10.2. The number of benzene rings is 2. The summed E-state index contributed by atoms with van der Waals surface area (Å²) in [7, 11) is 1.52. The quantitative estimate of drug-likeness (QED) is 0.236. The highest BCUT2D eigenvalue weighted by Crippen LogP contribution is 2.41. The van der Waals surface area contributed by atoms with Crippen LogP contribution in [0, 0.1) is 22.9 Å². The molecule has 2 aromatic carbocycles. The maximum atomic E-state index is 15.8. The molecule has 39 heavy (non-hydrogen) atoms. The summed E-state index contributed by atoms with van der Waals surface area (Å²) in [6.07, 6.45) is 1.61. The van der Waals surface area contributed by atoms with Gasteiger partial charge in [-0.15, -0.1) is 0 Å². The van der Waals surface area contributed by atoms with Crippen LogP contribution < -0.4 is 10.5 Å². The number of methoxy groups -OCH3 is 1. The summed E-state index contributed by atoms with van der Waals surface area (Å²) < 4.78 is 61.9. The van der Waals surface area contributed by atoms with E-state index in [0.717, 1.165) is 6.07 Å². The summed E-state index contributed by atoms with van der Waals surface area (Å²) in [5.41, 5.74) is 6.39. The molecule has 1 aromatic heterocycles. The van der Waals surface area contributed by atoms with Crippen LogP contribution >= 0.6 is 0 Å². The van der Waals surface area contributed by atoms with Gasteiger partial charge in [0.2, 0.25) is 0 Å². The molecule has 3 N–H and O–H groups in total. The van der Waals surface area contributed by atoms with Crippen LogP contribution in [0.3, 0.4) is 0 Å². The molecule has 1 atom stereocenters. The SMILES string of the molecule is COc1ccc2ncc(CN)c([C@H](F)CCC3(C(=O)O)CCN(CCCc4cc(F)cc(F)c4F)CC3)c2c1. The third-order valence-corrected chi connectivity index (χ3v) is 7.86. The first-order chi connectivity index (χ1) is 18.7. The molecule has 3 aromatic rings. The number of nitrogens with zero attached hydrogens (tertiary/aromatic N) is 2. The van der Waals surface area contributed by atoms with Crippen LogP contribution in [0.2, 0.25) is 0 Å². The fourth-order valence-electron chi connectivity index (χ4n) is 5.50. The third kappa shape index (κ3) is 6.33. The lowest BCUT2D eigenvalue weighted by Crippen LogP contribution is -2.44. The van der Waals surface area contributed by atoms with E-state index in [1.165, 1.54) is 7.11 Å². The Balaban J connectivity index is 1.39. The number of piperidine rings is 1. The Morgan fingerprint density at radius 3 is 2.59 bits per heavy atom. The number of hydrogen-bond acceptors (Lipinski definition) is 5. The number of nitrogens with two attached hydrogens (primary N) is 1. The number of aliphatic carboxylic acids is 1. The van der Waals surface area contributed by atoms with E-state index in [1.54, 1.807) is 24.4 Å². The molecule has 0 bridgehead atoms. The minimum Gasteiger partial charge on any atom is -0.497 e. The summed E-state index contributed by atoms with van der Waals surface area (Å²) in [5, 5.41) is 10.7. The predicted molar refractivity (Wildman–Crippen MR) is 140 cm³/mol. The lowest BCUT2D eigenvalue weighted by Gasteiger charge is -2.39. The summed E-state index contributed by atoms with van der Waals surface area (Å²) in [6, 6.07) is 6.73. The Kier molecular flexibility index (Phi) is 9.07. The Bertz CT molecular complexity index is 1320. The van der Waals surface area contributed by atoms with Crippen LogP contribution in [0.5, 0.6) is 5.75 Å². The van der Waals surface area contributed by atoms with Gasteiger partial charge in [0.15, 0.2) is 11.6 Å². The molecule has 1 aliphatic rings. The normalized spacial score (nSPS) is 16.4. The van der Waals surface area contributed by atoms with Crippen molar-refractivity contribution in [3.8, 4) is 5.75 Å². The van der Waals surface area contributed by atoms with Crippen molar-refractivity contribution in [2.24, 2.45) is 11.1 Å². The zero-order valence-corrected chi connectivity index (χ0v) is 21.9. The van der Waals surface area contributed by atoms with E-state index in [9.17, 15) is 23.1 Å².